The van der Waals surface area contributed by atoms with Gasteiger partial charge in [0.1, 0.15) is 17.3 Å². The van der Waals surface area contributed by atoms with E-state index in [-0.39, 0.29) is 12.2 Å². The first-order valence-corrected chi connectivity index (χ1v) is 14.0. The molecule has 0 amide bonds. The Kier molecular flexibility index (Phi) is 10.6. The fourth-order valence-electron chi connectivity index (χ4n) is 5.21. The number of carboxylic acid groups (broad SMARTS) is 1. The van der Waals surface area contributed by atoms with Gasteiger partial charge in [0.05, 0.1) is 13.2 Å². The first-order valence-electron chi connectivity index (χ1n) is 14.0. The molecular formula is C33H39FO4. The van der Waals surface area contributed by atoms with Gasteiger partial charge < -0.3 is 14.6 Å². The molecule has 0 heterocycles. The van der Waals surface area contributed by atoms with Gasteiger partial charge >= 0.3 is 5.97 Å². The van der Waals surface area contributed by atoms with Crippen LogP contribution in [0.15, 0.2) is 66.7 Å². The number of halogens is 1. The van der Waals surface area contributed by atoms with E-state index < -0.39 is 5.97 Å². The van der Waals surface area contributed by atoms with Gasteiger partial charge in [0, 0.05) is 12.5 Å². The Hall–Kier alpha value is -3.34. The second-order valence-electron chi connectivity index (χ2n) is 10.3. The molecule has 1 saturated carbocycles. The third kappa shape index (κ3) is 8.90. The largest absolute Gasteiger partial charge is 0.493 e. The first-order chi connectivity index (χ1) is 18.6. The van der Waals surface area contributed by atoms with Crippen molar-refractivity contribution in [1.82, 2.24) is 0 Å². The molecule has 3 aromatic rings. The molecule has 0 unspecified atom stereocenters. The molecule has 1 fully saturated rings. The van der Waals surface area contributed by atoms with Crippen molar-refractivity contribution in [2.24, 2.45) is 5.92 Å². The molecular weight excluding hydrogens is 479 g/mol. The topological polar surface area (TPSA) is 55.8 Å². The van der Waals surface area contributed by atoms with Crippen LogP contribution in [0.1, 0.15) is 68.9 Å². The molecule has 202 valence electrons. The smallest absolute Gasteiger partial charge is 0.303 e. The second-order valence-corrected chi connectivity index (χ2v) is 10.3. The first kappa shape index (κ1) is 27.7. The number of aryl methyl sites for hydroxylation is 2. The highest BCUT2D eigenvalue weighted by molar-refractivity contribution is 5.67. The third-order valence-electron chi connectivity index (χ3n) is 7.33. The Balaban J connectivity index is 1.26. The third-order valence-corrected chi connectivity index (χ3v) is 7.33. The van der Waals surface area contributed by atoms with Gasteiger partial charge in [-0.2, -0.15) is 0 Å². The van der Waals surface area contributed by atoms with E-state index in [0.717, 1.165) is 60.3 Å². The molecule has 4 nitrogen and oxygen atoms in total. The summed E-state index contributed by atoms with van der Waals surface area (Å²) in [5.41, 5.74) is 4.10. The van der Waals surface area contributed by atoms with Gasteiger partial charge in [0.2, 0.25) is 0 Å². The summed E-state index contributed by atoms with van der Waals surface area (Å²) >= 11 is 0. The summed E-state index contributed by atoms with van der Waals surface area (Å²) in [7, 11) is 0. The predicted molar refractivity (Wildman–Crippen MR) is 149 cm³/mol. The number of hydrogen-bond donors (Lipinski definition) is 1. The molecule has 0 atom stereocenters. The summed E-state index contributed by atoms with van der Waals surface area (Å²) in [5.74, 6) is 1.12. The molecule has 5 heteroatoms. The monoisotopic (exact) mass is 518 g/mol. The van der Waals surface area contributed by atoms with Crippen LogP contribution >= 0.6 is 0 Å². The number of unbranched alkanes of at least 4 members (excludes halogenated alkanes) is 3. The molecule has 3 aromatic carbocycles. The molecule has 0 aliphatic heterocycles. The lowest BCUT2D eigenvalue weighted by Crippen LogP contribution is -2.08. The maximum absolute atomic E-state index is 13.9. The maximum Gasteiger partial charge on any atom is 0.303 e. The summed E-state index contributed by atoms with van der Waals surface area (Å²) < 4.78 is 26.1. The van der Waals surface area contributed by atoms with Crippen LogP contribution in [0.25, 0.3) is 11.1 Å². The quantitative estimate of drug-likeness (QED) is 0.206. The summed E-state index contributed by atoms with van der Waals surface area (Å²) in [6.45, 7) is 1.33. The lowest BCUT2D eigenvalue weighted by atomic mass is 9.98. The Morgan fingerprint density at radius 3 is 2.24 bits per heavy atom. The van der Waals surface area contributed by atoms with Crippen molar-refractivity contribution in [2.45, 2.75) is 70.6 Å². The standard InChI is InChI=1S/C33H39FO4/c34-30-16-9-15-28(20-30)29-21-31(23-32(22-29)38-24-25-10-4-5-11-25)37-19-8-2-1-3-12-26-13-6-7-14-27(26)17-18-33(35)36/h6-7,9,13-16,20-23,25H,1-5,8,10-12,17-19,24H2,(H,35,36). The highest BCUT2D eigenvalue weighted by Gasteiger charge is 2.16. The molecule has 0 radical (unpaired) electrons. The highest BCUT2D eigenvalue weighted by Crippen LogP contribution is 2.32. The van der Waals surface area contributed by atoms with Crippen molar-refractivity contribution in [2.75, 3.05) is 13.2 Å². The number of benzene rings is 3. The van der Waals surface area contributed by atoms with E-state index in [4.69, 9.17) is 14.6 Å². The average Bonchev–Trinajstić information content (AvgIpc) is 3.44. The Morgan fingerprint density at radius 1 is 0.789 bits per heavy atom. The highest BCUT2D eigenvalue weighted by atomic mass is 19.1. The van der Waals surface area contributed by atoms with Crippen LogP contribution in [-0.2, 0) is 17.6 Å². The lowest BCUT2D eigenvalue weighted by Gasteiger charge is -2.15. The van der Waals surface area contributed by atoms with Crippen LogP contribution in [0.2, 0.25) is 0 Å². The van der Waals surface area contributed by atoms with Gasteiger partial charge in [0.25, 0.3) is 0 Å². The van der Waals surface area contributed by atoms with Crippen molar-refractivity contribution in [1.29, 1.82) is 0 Å². The number of ether oxygens (including phenoxy) is 2. The van der Waals surface area contributed by atoms with Crippen molar-refractivity contribution >= 4 is 5.97 Å². The normalized spacial score (nSPS) is 13.5. The Morgan fingerprint density at radius 2 is 1.50 bits per heavy atom. The molecule has 0 bridgehead atoms. The van der Waals surface area contributed by atoms with Crippen molar-refractivity contribution in [3.63, 3.8) is 0 Å². The Bertz CT molecular complexity index is 1170. The van der Waals surface area contributed by atoms with Gasteiger partial charge in [-0.3, -0.25) is 4.79 Å². The fourth-order valence-corrected chi connectivity index (χ4v) is 5.21. The van der Waals surface area contributed by atoms with Gasteiger partial charge in [-0.05, 0) is 91.0 Å². The fraction of sp³-hybridized carbons (Fsp3) is 0.424. The molecule has 38 heavy (non-hydrogen) atoms. The van der Waals surface area contributed by atoms with E-state index in [2.05, 4.69) is 6.07 Å². The average molecular weight is 519 g/mol. The summed E-state index contributed by atoms with van der Waals surface area (Å²) in [6.07, 6.45) is 10.9. The van der Waals surface area contributed by atoms with E-state index in [1.807, 2.05) is 42.5 Å². The van der Waals surface area contributed by atoms with Crippen molar-refractivity contribution in [3.05, 3.63) is 83.7 Å². The molecule has 0 spiro atoms. The minimum absolute atomic E-state index is 0.169. The minimum Gasteiger partial charge on any atom is -0.493 e. The molecule has 0 aromatic heterocycles. The maximum atomic E-state index is 13.9. The summed E-state index contributed by atoms with van der Waals surface area (Å²) in [5, 5.41) is 8.98. The van der Waals surface area contributed by atoms with Crippen LogP contribution in [-0.4, -0.2) is 24.3 Å². The Labute approximate surface area is 225 Å². The number of rotatable bonds is 15. The molecule has 1 aliphatic rings. The number of carbonyl (C=O) groups is 1. The number of hydrogen-bond acceptors (Lipinski definition) is 3. The van der Waals surface area contributed by atoms with E-state index in [1.165, 1.54) is 37.3 Å². The summed E-state index contributed by atoms with van der Waals surface area (Å²) in [6, 6.07) is 20.7. The van der Waals surface area contributed by atoms with Crippen LogP contribution < -0.4 is 9.47 Å². The van der Waals surface area contributed by atoms with Crippen molar-refractivity contribution in [3.8, 4) is 22.6 Å². The van der Waals surface area contributed by atoms with Gasteiger partial charge in [0.15, 0.2) is 0 Å². The van der Waals surface area contributed by atoms with Crippen molar-refractivity contribution < 1.29 is 23.8 Å². The predicted octanol–water partition coefficient (Wildman–Crippen LogP) is 8.26. The molecule has 1 aliphatic carbocycles. The van der Waals surface area contributed by atoms with Crippen LogP contribution in [0.3, 0.4) is 0 Å². The minimum atomic E-state index is -0.756. The SMILES string of the molecule is O=C(O)CCc1ccccc1CCCCCCOc1cc(OCC2CCCC2)cc(-c2cccc(F)c2)c1. The number of aliphatic carboxylic acids is 1. The van der Waals surface area contributed by atoms with E-state index in [0.29, 0.717) is 25.6 Å². The van der Waals surface area contributed by atoms with Crippen LogP contribution in [0, 0.1) is 11.7 Å². The zero-order valence-electron chi connectivity index (χ0n) is 22.2. The zero-order chi connectivity index (χ0) is 26.6. The lowest BCUT2D eigenvalue weighted by molar-refractivity contribution is -0.136. The van der Waals surface area contributed by atoms with Gasteiger partial charge in [-0.1, -0.05) is 62.1 Å². The van der Waals surface area contributed by atoms with E-state index in [1.54, 1.807) is 12.1 Å². The van der Waals surface area contributed by atoms with Crippen LogP contribution in [0.5, 0.6) is 11.5 Å². The second kappa shape index (κ2) is 14.6. The van der Waals surface area contributed by atoms with Gasteiger partial charge in [-0.15, -0.1) is 0 Å². The molecule has 0 saturated heterocycles. The number of carboxylic acids is 1. The van der Waals surface area contributed by atoms with Crippen LogP contribution in [0.4, 0.5) is 4.39 Å². The van der Waals surface area contributed by atoms with Gasteiger partial charge in [-0.25, -0.2) is 4.39 Å². The molecule has 1 N–H and O–H groups in total. The summed E-state index contributed by atoms with van der Waals surface area (Å²) in [4.78, 5) is 10.9. The molecule has 4 rings (SSSR count). The van der Waals surface area contributed by atoms with E-state index >= 15 is 0 Å². The zero-order valence-corrected chi connectivity index (χ0v) is 22.2. The van der Waals surface area contributed by atoms with E-state index in [9.17, 15) is 9.18 Å².